The van der Waals surface area contributed by atoms with Crippen LogP contribution in [0.25, 0.3) is 0 Å². The second-order valence-electron chi connectivity index (χ2n) is 5.45. The highest BCUT2D eigenvalue weighted by Crippen LogP contribution is 2.33. The van der Waals surface area contributed by atoms with Crippen LogP contribution in [0.3, 0.4) is 0 Å². The molecular formula is C16H30. The molecule has 0 saturated heterocycles. The zero-order valence-electron chi connectivity index (χ0n) is 11.4. The van der Waals surface area contributed by atoms with Crippen LogP contribution in [0.15, 0.2) is 0 Å². The molecule has 2 radical (unpaired) electrons. The summed E-state index contributed by atoms with van der Waals surface area (Å²) in [6.45, 7) is 4.58. The Bertz CT molecular complexity index is 124. The van der Waals surface area contributed by atoms with Crippen molar-refractivity contribution in [3.05, 3.63) is 12.8 Å². The van der Waals surface area contributed by atoms with Crippen molar-refractivity contribution in [3.8, 4) is 0 Å². The molecule has 0 heteroatoms. The summed E-state index contributed by atoms with van der Waals surface area (Å²) in [7, 11) is 0. The first-order valence-corrected chi connectivity index (χ1v) is 7.53. The van der Waals surface area contributed by atoms with Crippen LogP contribution in [0.5, 0.6) is 0 Å². The molecule has 0 nitrogen and oxygen atoms in total. The third-order valence-electron chi connectivity index (χ3n) is 3.90. The van der Waals surface area contributed by atoms with Crippen molar-refractivity contribution < 1.29 is 0 Å². The maximum atomic E-state index is 2.62. The lowest BCUT2D eigenvalue weighted by atomic mass is 9.78. The van der Waals surface area contributed by atoms with Gasteiger partial charge < -0.3 is 0 Å². The van der Waals surface area contributed by atoms with Crippen molar-refractivity contribution >= 4 is 0 Å². The second-order valence-corrected chi connectivity index (χ2v) is 5.45. The van der Waals surface area contributed by atoms with E-state index in [0.717, 1.165) is 11.8 Å². The smallest absolute Gasteiger partial charge is 0.0352 e. The lowest BCUT2D eigenvalue weighted by Gasteiger charge is -2.28. The van der Waals surface area contributed by atoms with E-state index in [1.54, 1.807) is 0 Å². The summed E-state index contributed by atoms with van der Waals surface area (Å²) in [5.74, 6) is 1.82. The summed E-state index contributed by atoms with van der Waals surface area (Å²) in [5, 5.41) is 0. The molecule has 0 amide bonds. The largest absolute Gasteiger partial charge is 0.0654 e. The molecule has 0 aromatic carbocycles. The van der Waals surface area contributed by atoms with E-state index in [1.807, 2.05) is 0 Å². The van der Waals surface area contributed by atoms with Crippen molar-refractivity contribution in [3.63, 3.8) is 0 Å². The number of hydrogen-bond donors (Lipinski definition) is 0. The minimum atomic E-state index is 0.911. The van der Waals surface area contributed by atoms with Gasteiger partial charge in [0, 0.05) is 0 Å². The molecule has 0 aromatic heterocycles. The van der Waals surface area contributed by atoms with Crippen LogP contribution in [-0.4, -0.2) is 0 Å². The molecule has 1 rings (SSSR count). The Kier molecular flexibility index (Phi) is 7.98. The van der Waals surface area contributed by atoms with Gasteiger partial charge in [0.1, 0.15) is 0 Å². The van der Waals surface area contributed by atoms with Crippen LogP contribution in [0, 0.1) is 24.7 Å². The first-order chi connectivity index (χ1) is 7.86. The average molecular weight is 222 g/mol. The van der Waals surface area contributed by atoms with E-state index in [4.69, 9.17) is 0 Å². The molecular weight excluding hydrogens is 192 g/mol. The van der Waals surface area contributed by atoms with Crippen LogP contribution in [0.1, 0.15) is 78.1 Å². The second kappa shape index (κ2) is 9.07. The van der Waals surface area contributed by atoms with Crippen molar-refractivity contribution in [1.29, 1.82) is 0 Å². The van der Waals surface area contributed by atoms with Gasteiger partial charge in [-0.25, -0.2) is 0 Å². The fourth-order valence-corrected chi connectivity index (χ4v) is 2.71. The first kappa shape index (κ1) is 14.1. The summed E-state index contributed by atoms with van der Waals surface area (Å²) in [6.07, 6.45) is 19.3. The molecule has 2 atom stereocenters. The third-order valence-corrected chi connectivity index (χ3v) is 3.90. The van der Waals surface area contributed by atoms with Gasteiger partial charge in [0.05, 0.1) is 0 Å². The van der Waals surface area contributed by atoms with Crippen LogP contribution in [-0.2, 0) is 0 Å². The maximum Gasteiger partial charge on any atom is -0.0352 e. The SMILES string of the molecule is CCCCCC1[CH]CC(CCCCC)[CH]C1. The van der Waals surface area contributed by atoms with E-state index >= 15 is 0 Å². The summed E-state index contributed by atoms with van der Waals surface area (Å²) in [4.78, 5) is 0. The normalized spacial score (nSPS) is 25.9. The topological polar surface area (TPSA) is 0 Å². The Morgan fingerprint density at radius 1 is 0.750 bits per heavy atom. The first-order valence-electron chi connectivity index (χ1n) is 7.53. The number of hydrogen-bond acceptors (Lipinski definition) is 0. The molecule has 0 N–H and O–H groups in total. The minimum absolute atomic E-state index is 0.911. The Balaban J connectivity index is 2.00. The number of unbranched alkanes of at least 4 members (excludes halogenated alkanes) is 4. The van der Waals surface area contributed by atoms with Gasteiger partial charge in [-0.3, -0.25) is 0 Å². The summed E-state index contributed by atoms with van der Waals surface area (Å²) >= 11 is 0. The maximum absolute atomic E-state index is 2.62. The zero-order chi connectivity index (χ0) is 11.6. The highest BCUT2D eigenvalue weighted by Gasteiger charge is 2.20. The van der Waals surface area contributed by atoms with Gasteiger partial charge in [0.25, 0.3) is 0 Å². The van der Waals surface area contributed by atoms with E-state index in [9.17, 15) is 0 Å². The molecule has 1 aliphatic carbocycles. The summed E-state index contributed by atoms with van der Waals surface area (Å²) in [6, 6.07) is 0. The Hall–Kier alpha value is 0. The Morgan fingerprint density at radius 3 is 1.50 bits per heavy atom. The van der Waals surface area contributed by atoms with E-state index in [-0.39, 0.29) is 0 Å². The van der Waals surface area contributed by atoms with E-state index in [2.05, 4.69) is 26.7 Å². The lowest BCUT2D eigenvalue weighted by molar-refractivity contribution is 0.375. The average Bonchev–Trinajstić information content (AvgIpc) is 2.32. The fraction of sp³-hybridized carbons (Fsp3) is 0.875. The van der Waals surface area contributed by atoms with Crippen LogP contribution in [0.4, 0.5) is 0 Å². The van der Waals surface area contributed by atoms with Crippen LogP contribution in [0.2, 0.25) is 0 Å². The molecule has 2 unspecified atom stereocenters. The van der Waals surface area contributed by atoms with Gasteiger partial charge in [0.15, 0.2) is 0 Å². The van der Waals surface area contributed by atoms with Crippen LogP contribution >= 0.6 is 0 Å². The highest BCUT2D eigenvalue weighted by atomic mass is 14.3. The van der Waals surface area contributed by atoms with Crippen LogP contribution < -0.4 is 0 Å². The lowest BCUT2D eigenvalue weighted by Crippen LogP contribution is -2.16. The minimum Gasteiger partial charge on any atom is -0.0654 e. The molecule has 1 saturated carbocycles. The quantitative estimate of drug-likeness (QED) is 0.470. The summed E-state index contributed by atoms with van der Waals surface area (Å²) < 4.78 is 0. The predicted octanol–water partition coefficient (Wildman–Crippen LogP) is 5.58. The number of rotatable bonds is 8. The predicted molar refractivity (Wildman–Crippen MR) is 73.1 cm³/mol. The van der Waals surface area contributed by atoms with Gasteiger partial charge >= 0.3 is 0 Å². The Morgan fingerprint density at radius 2 is 1.19 bits per heavy atom. The zero-order valence-corrected chi connectivity index (χ0v) is 11.4. The molecule has 1 fully saturated rings. The standard InChI is InChI=1S/C16H30/c1-3-5-7-9-15-11-13-16(14-12-15)10-8-6-4-2/h11,14-16H,3-10,12-13H2,1-2H3. The molecule has 0 aliphatic heterocycles. The monoisotopic (exact) mass is 222 g/mol. The molecule has 0 bridgehead atoms. The molecule has 16 heavy (non-hydrogen) atoms. The highest BCUT2D eigenvalue weighted by molar-refractivity contribution is 4.94. The van der Waals surface area contributed by atoms with Crippen molar-refractivity contribution in [2.24, 2.45) is 11.8 Å². The molecule has 0 spiro atoms. The van der Waals surface area contributed by atoms with Crippen molar-refractivity contribution in [2.45, 2.75) is 78.1 Å². The third kappa shape index (κ3) is 5.92. The molecule has 1 aliphatic rings. The van der Waals surface area contributed by atoms with E-state index in [1.165, 1.54) is 64.2 Å². The van der Waals surface area contributed by atoms with Gasteiger partial charge in [-0.05, 0) is 37.5 Å². The van der Waals surface area contributed by atoms with Gasteiger partial charge in [-0.2, -0.15) is 0 Å². The Labute approximate surface area is 103 Å². The van der Waals surface area contributed by atoms with Crippen molar-refractivity contribution in [2.75, 3.05) is 0 Å². The molecule has 94 valence electrons. The van der Waals surface area contributed by atoms with Crippen molar-refractivity contribution in [1.82, 2.24) is 0 Å². The van der Waals surface area contributed by atoms with Gasteiger partial charge in [-0.1, -0.05) is 65.2 Å². The fourth-order valence-electron chi connectivity index (χ4n) is 2.71. The summed E-state index contributed by atoms with van der Waals surface area (Å²) in [5.41, 5.74) is 0. The molecule has 0 aromatic rings. The van der Waals surface area contributed by atoms with Gasteiger partial charge in [0.2, 0.25) is 0 Å². The molecule has 0 heterocycles. The van der Waals surface area contributed by atoms with E-state index in [0.29, 0.717) is 0 Å². The van der Waals surface area contributed by atoms with Gasteiger partial charge in [-0.15, -0.1) is 0 Å². The van der Waals surface area contributed by atoms with E-state index < -0.39 is 0 Å².